The van der Waals surface area contributed by atoms with Crippen molar-refractivity contribution >= 4 is 33.1 Å². The van der Waals surface area contributed by atoms with E-state index in [0.29, 0.717) is 18.0 Å². The van der Waals surface area contributed by atoms with Gasteiger partial charge in [0.25, 0.3) is 10.1 Å². The molecular formula is C26H24N2O7S. The van der Waals surface area contributed by atoms with Gasteiger partial charge in [0, 0.05) is 36.0 Å². The predicted molar refractivity (Wildman–Crippen MR) is 136 cm³/mol. The van der Waals surface area contributed by atoms with E-state index in [1.54, 1.807) is 47.4 Å². The Hall–Kier alpha value is -4.15. The minimum atomic E-state index is -3.62. The highest BCUT2D eigenvalue weighted by molar-refractivity contribution is 7.86. The number of ketones is 2. The molecule has 0 spiro atoms. The van der Waals surface area contributed by atoms with Crippen LogP contribution in [0.5, 0.6) is 17.2 Å². The normalized spacial score (nSPS) is 12.6. The van der Waals surface area contributed by atoms with E-state index in [4.69, 9.17) is 10.5 Å². The number of anilines is 2. The molecule has 3 aromatic carbocycles. The number of hydrogen-bond acceptors (Lipinski definition) is 9. The number of aromatic hydroxyl groups is 1. The van der Waals surface area contributed by atoms with E-state index in [-0.39, 0.29) is 46.0 Å². The topological polar surface area (TPSA) is 136 Å². The molecule has 0 radical (unpaired) electrons. The SMILES string of the molecule is C=CCN(CCS(=O)(=O)OC)c1ccc(Oc2cc(O)c3c(c2N)C(=O)c2ccccc2C3=O)cc1. The van der Waals surface area contributed by atoms with Crippen molar-refractivity contribution in [3.05, 3.63) is 89.5 Å². The molecule has 0 amide bonds. The summed E-state index contributed by atoms with van der Waals surface area (Å²) in [5.41, 5.74) is 7.07. The molecule has 0 atom stereocenters. The molecule has 0 aromatic heterocycles. The molecule has 0 saturated heterocycles. The monoisotopic (exact) mass is 508 g/mol. The van der Waals surface area contributed by atoms with Gasteiger partial charge < -0.3 is 20.5 Å². The van der Waals surface area contributed by atoms with E-state index in [1.807, 2.05) is 0 Å². The van der Waals surface area contributed by atoms with E-state index in [9.17, 15) is 23.1 Å². The second-order valence-corrected chi connectivity index (χ2v) is 9.88. The quantitative estimate of drug-likeness (QED) is 0.151. The van der Waals surface area contributed by atoms with Gasteiger partial charge in [0.2, 0.25) is 0 Å². The number of ether oxygens (including phenoxy) is 1. The number of nitrogens with two attached hydrogens (primary N) is 1. The Morgan fingerprint density at radius 2 is 1.64 bits per heavy atom. The fourth-order valence-corrected chi connectivity index (χ4v) is 4.61. The Morgan fingerprint density at radius 1 is 1.03 bits per heavy atom. The molecule has 10 heteroatoms. The number of fused-ring (bicyclic) bond motifs is 2. The summed E-state index contributed by atoms with van der Waals surface area (Å²) >= 11 is 0. The molecule has 1 aliphatic carbocycles. The minimum absolute atomic E-state index is 0.0219. The molecule has 0 bridgehead atoms. The lowest BCUT2D eigenvalue weighted by atomic mass is 9.82. The maximum atomic E-state index is 13.1. The molecule has 0 fully saturated rings. The van der Waals surface area contributed by atoms with Crippen LogP contribution in [0.25, 0.3) is 0 Å². The average molecular weight is 509 g/mol. The van der Waals surface area contributed by atoms with Crippen LogP contribution in [0.4, 0.5) is 11.4 Å². The highest BCUT2D eigenvalue weighted by Gasteiger charge is 2.35. The van der Waals surface area contributed by atoms with Gasteiger partial charge in [-0.1, -0.05) is 30.3 Å². The molecule has 4 rings (SSSR count). The first-order valence-electron chi connectivity index (χ1n) is 10.9. The van der Waals surface area contributed by atoms with Crippen molar-refractivity contribution in [2.24, 2.45) is 0 Å². The van der Waals surface area contributed by atoms with Crippen LogP contribution in [-0.4, -0.2) is 51.0 Å². The van der Waals surface area contributed by atoms with Gasteiger partial charge in [-0.3, -0.25) is 13.8 Å². The van der Waals surface area contributed by atoms with Crippen molar-refractivity contribution in [1.82, 2.24) is 0 Å². The number of benzene rings is 3. The van der Waals surface area contributed by atoms with Gasteiger partial charge in [0.15, 0.2) is 17.3 Å². The van der Waals surface area contributed by atoms with E-state index >= 15 is 0 Å². The van der Waals surface area contributed by atoms with Gasteiger partial charge in [-0.25, -0.2) is 0 Å². The summed E-state index contributed by atoms with van der Waals surface area (Å²) in [5, 5.41) is 10.6. The Kier molecular flexibility index (Phi) is 6.82. The zero-order valence-corrected chi connectivity index (χ0v) is 20.2. The van der Waals surface area contributed by atoms with Gasteiger partial charge >= 0.3 is 0 Å². The molecule has 0 saturated carbocycles. The van der Waals surface area contributed by atoms with Crippen LogP contribution >= 0.6 is 0 Å². The van der Waals surface area contributed by atoms with Gasteiger partial charge in [0.05, 0.1) is 29.7 Å². The molecular weight excluding hydrogens is 484 g/mol. The van der Waals surface area contributed by atoms with E-state index in [2.05, 4.69) is 10.8 Å². The van der Waals surface area contributed by atoms with Crippen molar-refractivity contribution in [2.75, 3.05) is 36.6 Å². The Bertz CT molecular complexity index is 1460. The molecule has 3 aromatic rings. The summed E-state index contributed by atoms with van der Waals surface area (Å²) in [6, 6.07) is 14.3. The Balaban J connectivity index is 1.61. The fraction of sp³-hybridized carbons (Fsp3) is 0.154. The molecule has 1 aliphatic rings. The van der Waals surface area contributed by atoms with Crippen molar-refractivity contribution in [3.8, 4) is 17.2 Å². The largest absolute Gasteiger partial charge is 0.507 e. The van der Waals surface area contributed by atoms with Crippen LogP contribution in [0, 0.1) is 0 Å². The number of carbonyl (C=O) groups excluding carboxylic acids is 2. The van der Waals surface area contributed by atoms with Crippen LogP contribution in [0.2, 0.25) is 0 Å². The zero-order chi connectivity index (χ0) is 26.0. The smallest absolute Gasteiger partial charge is 0.268 e. The maximum absolute atomic E-state index is 13.1. The predicted octanol–water partition coefficient (Wildman–Crippen LogP) is 3.51. The third kappa shape index (κ3) is 4.68. The lowest BCUT2D eigenvalue weighted by Crippen LogP contribution is -2.29. The Labute approximate surface area is 208 Å². The first-order chi connectivity index (χ1) is 17.2. The average Bonchev–Trinajstić information content (AvgIpc) is 2.87. The summed E-state index contributed by atoms with van der Waals surface area (Å²) in [5.74, 6) is -1.19. The van der Waals surface area contributed by atoms with Gasteiger partial charge in [-0.2, -0.15) is 8.42 Å². The third-order valence-electron chi connectivity index (χ3n) is 5.82. The molecule has 0 heterocycles. The number of rotatable bonds is 9. The van der Waals surface area contributed by atoms with Crippen LogP contribution < -0.4 is 15.4 Å². The zero-order valence-electron chi connectivity index (χ0n) is 19.4. The fourth-order valence-electron chi connectivity index (χ4n) is 4.00. The number of hydrogen-bond donors (Lipinski definition) is 2. The number of phenolic OH excluding ortho intramolecular Hbond substituents is 1. The summed E-state index contributed by atoms with van der Waals surface area (Å²) < 4.78 is 33.8. The number of nitrogen functional groups attached to an aromatic ring is 1. The van der Waals surface area contributed by atoms with Crippen molar-refractivity contribution in [2.45, 2.75) is 0 Å². The van der Waals surface area contributed by atoms with Crippen molar-refractivity contribution < 1.29 is 32.0 Å². The highest BCUT2D eigenvalue weighted by Crippen LogP contribution is 2.42. The standard InChI is InChI=1S/C26H24N2O7S/c1-3-12-28(13-14-36(32,33)34-2)16-8-10-17(11-9-16)35-21-15-20(29)22-23(24(21)27)26(31)19-7-5-4-6-18(19)25(22)30/h3-11,15,29H,1,12-14,27H2,2H3. The van der Waals surface area contributed by atoms with Crippen LogP contribution in [0.1, 0.15) is 31.8 Å². The van der Waals surface area contributed by atoms with Crippen molar-refractivity contribution in [1.29, 1.82) is 0 Å². The molecule has 186 valence electrons. The second-order valence-electron chi connectivity index (χ2n) is 8.02. The van der Waals surface area contributed by atoms with Gasteiger partial charge in [-0.15, -0.1) is 6.58 Å². The third-order valence-corrected chi connectivity index (χ3v) is 7.01. The first kappa shape index (κ1) is 25.0. The van der Waals surface area contributed by atoms with Gasteiger partial charge in [0.1, 0.15) is 11.5 Å². The highest BCUT2D eigenvalue weighted by atomic mass is 32.2. The Morgan fingerprint density at radius 3 is 2.22 bits per heavy atom. The number of nitrogens with zero attached hydrogens (tertiary/aromatic N) is 1. The summed E-state index contributed by atoms with van der Waals surface area (Å²) in [6.45, 7) is 4.30. The van der Waals surface area contributed by atoms with Crippen molar-refractivity contribution in [3.63, 3.8) is 0 Å². The summed E-state index contributed by atoms with van der Waals surface area (Å²) in [6.07, 6.45) is 1.65. The van der Waals surface area contributed by atoms with Crippen LogP contribution in [-0.2, 0) is 14.3 Å². The maximum Gasteiger partial charge on any atom is 0.268 e. The lowest BCUT2D eigenvalue weighted by Gasteiger charge is -2.23. The number of phenols is 1. The molecule has 9 nitrogen and oxygen atoms in total. The van der Waals surface area contributed by atoms with E-state index in [1.165, 1.54) is 18.2 Å². The first-order valence-corrected chi connectivity index (χ1v) is 12.5. The van der Waals surface area contributed by atoms with Crippen LogP contribution in [0.3, 0.4) is 0 Å². The van der Waals surface area contributed by atoms with E-state index < -0.39 is 27.4 Å². The summed E-state index contributed by atoms with van der Waals surface area (Å²) in [7, 11) is -2.51. The minimum Gasteiger partial charge on any atom is -0.507 e. The lowest BCUT2D eigenvalue weighted by molar-refractivity contribution is 0.0977. The molecule has 0 unspecified atom stereocenters. The second kappa shape index (κ2) is 9.84. The molecule has 0 aliphatic heterocycles. The van der Waals surface area contributed by atoms with E-state index in [0.717, 1.165) is 7.11 Å². The number of carbonyl (C=O) groups is 2. The van der Waals surface area contributed by atoms with Crippen LogP contribution in [0.15, 0.2) is 67.3 Å². The molecule has 3 N–H and O–H groups in total. The molecule has 36 heavy (non-hydrogen) atoms. The summed E-state index contributed by atoms with van der Waals surface area (Å²) in [4.78, 5) is 27.8. The van der Waals surface area contributed by atoms with Gasteiger partial charge in [-0.05, 0) is 24.3 Å².